The van der Waals surface area contributed by atoms with Crippen molar-refractivity contribution in [2.75, 3.05) is 7.11 Å². The standard InChI is InChI=1S/C10H10N2O3/c1-12-7-3-4-11-9(13)6(7)5-8(12)10(14)15-2/h3-5H,1-2H3,(H,11,13). The molecule has 2 aromatic heterocycles. The van der Waals surface area contributed by atoms with E-state index in [0.717, 1.165) is 0 Å². The number of methoxy groups -OCH3 is 1. The highest BCUT2D eigenvalue weighted by Crippen LogP contribution is 2.14. The molecule has 5 heteroatoms. The molecule has 0 aromatic carbocycles. The Labute approximate surface area is 85.3 Å². The van der Waals surface area contributed by atoms with Gasteiger partial charge in [0, 0.05) is 13.2 Å². The molecule has 78 valence electrons. The van der Waals surface area contributed by atoms with Gasteiger partial charge in [-0.05, 0) is 12.1 Å². The van der Waals surface area contributed by atoms with E-state index in [4.69, 9.17) is 0 Å². The van der Waals surface area contributed by atoms with Gasteiger partial charge in [-0.15, -0.1) is 0 Å². The number of aryl methyl sites for hydroxylation is 1. The van der Waals surface area contributed by atoms with E-state index in [1.54, 1.807) is 23.9 Å². The fourth-order valence-electron chi connectivity index (χ4n) is 1.58. The SMILES string of the molecule is COC(=O)c1cc2c(=O)[nH]ccc2n1C. The second-order valence-electron chi connectivity index (χ2n) is 3.19. The summed E-state index contributed by atoms with van der Waals surface area (Å²) in [5.74, 6) is -0.451. The van der Waals surface area contributed by atoms with Crippen LogP contribution < -0.4 is 5.56 Å². The molecule has 2 heterocycles. The highest BCUT2D eigenvalue weighted by molar-refractivity contribution is 5.95. The van der Waals surface area contributed by atoms with E-state index < -0.39 is 5.97 Å². The smallest absolute Gasteiger partial charge is 0.354 e. The number of ether oxygens (including phenoxy) is 1. The molecule has 0 fully saturated rings. The van der Waals surface area contributed by atoms with Crippen LogP contribution in [0, 0.1) is 0 Å². The number of aromatic amines is 1. The monoisotopic (exact) mass is 206 g/mol. The number of H-pyrrole nitrogens is 1. The van der Waals surface area contributed by atoms with Crippen LogP contribution in [0.5, 0.6) is 0 Å². The summed E-state index contributed by atoms with van der Waals surface area (Å²) in [5.41, 5.74) is 0.863. The van der Waals surface area contributed by atoms with Gasteiger partial charge in [-0.2, -0.15) is 0 Å². The van der Waals surface area contributed by atoms with E-state index in [0.29, 0.717) is 16.6 Å². The van der Waals surface area contributed by atoms with Gasteiger partial charge in [-0.1, -0.05) is 0 Å². The number of nitrogens with one attached hydrogen (secondary N) is 1. The lowest BCUT2D eigenvalue weighted by Gasteiger charge is -2.00. The summed E-state index contributed by atoms with van der Waals surface area (Å²) in [6.07, 6.45) is 1.55. The molecule has 1 N–H and O–H groups in total. The molecule has 0 radical (unpaired) electrons. The van der Waals surface area contributed by atoms with Crippen molar-refractivity contribution in [2.45, 2.75) is 0 Å². The summed E-state index contributed by atoms with van der Waals surface area (Å²) in [6, 6.07) is 3.27. The number of nitrogens with zero attached hydrogens (tertiary/aromatic N) is 1. The van der Waals surface area contributed by atoms with E-state index in [9.17, 15) is 9.59 Å². The average Bonchev–Trinajstić information content (AvgIpc) is 2.57. The van der Waals surface area contributed by atoms with E-state index >= 15 is 0 Å². The van der Waals surface area contributed by atoms with E-state index in [2.05, 4.69) is 9.72 Å². The molecule has 2 rings (SSSR count). The molecule has 0 spiro atoms. The van der Waals surface area contributed by atoms with Crippen molar-refractivity contribution in [1.29, 1.82) is 0 Å². The molecule has 0 amide bonds. The Kier molecular flexibility index (Phi) is 2.07. The molecular weight excluding hydrogens is 196 g/mol. The van der Waals surface area contributed by atoms with Crippen molar-refractivity contribution in [3.63, 3.8) is 0 Å². The van der Waals surface area contributed by atoms with Crippen LogP contribution in [0.4, 0.5) is 0 Å². The summed E-state index contributed by atoms with van der Waals surface area (Å²) in [5, 5.41) is 0.486. The summed E-state index contributed by atoms with van der Waals surface area (Å²) in [4.78, 5) is 25.3. The second-order valence-corrected chi connectivity index (χ2v) is 3.19. The molecule has 0 bridgehead atoms. The maximum Gasteiger partial charge on any atom is 0.354 e. The lowest BCUT2D eigenvalue weighted by molar-refractivity contribution is 0.0590. The van der Waals surface area contributed by atoms with Crippen LogP contribution in [0.1, 0.15) is 10.5 Å². The third-order valence-corrected chi connectivity index (χ3v) is 2.37. The van der Waals surface area contributed by atoms with Crippen molar-refractivity contribution >= 4 is 16.9 Å². The maximum absolute atomic E-state index is 11.4. The van der Waals surface area contributed by atoms with Gasteiger partial charge in [0.1, 0.15) is 5.69 Å². The Bertz CT molecular complexity index is 580. The zero-order valence-electron chi connectivity index (χ0n) is 8.40. The summed E-state index contributed by atoms with van der Waals surface area (Å²) in [7, 11) is 3.03. The molecule has 0 aliphatic heterocycles. The molecule has 0 atom stereocenters. The van der Waals surface area contributed by atoms with Crippen molar-refractivity contribution in [3.05, 3.63) is 34.4 Å². The Morgan fingerprint density at radius 3 is 2.87 bits per heavy atom. The van der Waals surface area contributed by atoms with Gasteiger partial charge in [0.15, 0.2) is 0 Å². The third kappa shape index (κ3) is 1.32. The largest absolute Gasteiger partial charge is 0.464 e. The number of pyridine rings is 1. The minimum Gasteiger partial charge on any atom is -0.464 e. The highest BCUT2D eigenvalue weighted by Gasteiger charge is 2.14. The first-order valence-corrected chi connectivity index (χ1v) is 4.40. The number of aromatic nitrogens is 2. The number of fused-ring (bicyclic) bond motifs is 1. The summed E-state index contributed by atoms with van der Waals surface area (Å²) >= 11 is 0. The van der Waals surface area contributed by atoms with Crippen molar-refractivity contribution in [1.82, 2.24) is 9.55 Å². The van der Waals surface area contributed by atoms with Gasteiger partial charge >= 0.3 is 5.97 Å². The van der Waals surface area contributed by atoms with E-state index in [1.165, 1.54) is 13.2 Å². The molecule has 2 aromatic rings. The van der Waals surface area contributed by atoms with Crippen LogP contribution in [-0.4, -0.2) is 22.6 Å². The van der Waals surface area contributed by atoms with Gasteiger partial charge < -0.3 is 14.3 Å². The molecule has 15 heavy (non-hydrogen) atoms. The fraction of sp³-hybridized carbons (Fsp3) is 0.200. The van der Waals surface area contributed by atoms with Crippen LogP contribution >= 0.6 is 0 Å². The first kappa shape index (κ1) is 9.51. The van der Waals surface area contributed by atoms with Crippen LogP contribution in [0.3, 0.4) is 0 Å². The van der Waals surface area contributed by atoms with Gasteiger partial charge in [0.2, 0.25) is 0 Å². The zero-order valence-corrected chi connectivity index (χ0v) is 8.40. The Morgan fingerprint density at radius 1 is 1.53 bits per heavy atom. The number of hydrogen-bond acceptors (Lipinski definition) is 3. The fourth-order valence-corrected chi connectivity index (χ4v) is 1.58. The molecule has 0 unspecified atom stereocenters. The molecule has 5 nitrogen and oxygen atoms in total. The predicted molar refractivity (Wildman–Crippen MR) is 54.9 cm³/mol. The normalized spacial score (nSPS) is 10.5. The maximum atomic E-state index is 11.4. The predicted octanol–water partition coefficient (Wildman–Crippen LogP) is 0.653. The van der Waals surface area contributed by atoms with Crippen molar-refractivity contribution < 1.29 is 9.53 Å². The van der Waals surface area contributed by atoms with Crippen molar-refractivity contribution in [3.8, 4) is 0 Å². The molecule has 0 saturated heterocycles. The molecule has 0 aliphatic rings. The quantitative estimate of drug-likeness (QED) is 0.697. The summed E-state index contributed by atoms with van der Waals surface area (Å²) < 4.78 is 6.25. The lowest BCUT2D eigenvalue weighted by Crippen LogP contribution is -2.07. The number of carbonyl (C=O) groups is 1. The Hall–Kier alpha value is -2.04. The number of carbonyl (C=O) groups excluding carboxylic acids is 1. The minimum absolute atomic E-state index is 0.210. The van der Waals surface area contributed by atoms with Crippen molar-refractivity contribution in [2.24, 2.45) is 7.05 Å². The highest BCUT2D eigenvalue weighted by atomic mass is 16.5. The van der Waals surface area contributed by atoms with Crippen LogP contribution in [0.25, 0.3) is 10.9 Å². The Balaban J connectivity index is 2.80. The summed E-state index contributed by atoms with van der Waals surface area (Å²) in [6.45, 7) is 0. The topological polar surface area (TPSA) is 64.1 Å². The van der Waals surface area contributed by atoms with Gasteiger partial charge in [-0.25, -0.2) is 4.79 Å². The van der Waals surface area contributed by atoms with E-state index in [-0.39, 0.29) is 5.56 Å². The third-order valence-electron chi connectivity index (χ3n) is 2.37. The number of rotatable bonds is 1. The zero-order chi connectivity index (χ0) is 11.0. The first-order valence-electron chi connectivity index (χ1n) is 4.40. The van der Waals surface area contributed by atoms with Crippen LogP contribution in [0.15, 0.2) is 23.1 Å². The van der Waals surface area contributed by atoms with Gasteiger partial charge in [0.05, 0.1) is 18.0 Å². The lowest BCUT2D eigenvalue weighted by atomic mass is 10.3. The van der Waals surface area contributed by atoms with Crippen LogP contribution in [0.2, 0.25) is 0 Å². The number of esters is 1. The minimum atomic E-state index is -0.451. The first-order chi connectivity index (χ1) is 7.15. The van der Waals surface area contributed by atoms with E-state index in [1.807, 2.05) is 0 Å². The Morgan fingerprint density at radius 2 is 2.27 bits per heavy atom. The number of hydrogen-bond donors (Lipinski definition) is 1. The molecular formula is C10H10N2O3. The molecule has 0 saturated carbocycles. The molecule has 0 aliphatic carbocycles. The van der Waals surface area contributed by atoms with Gasteiger partial charge in [-0.3, -0.25) is 4.79 Å². The second kappa shape index (κ2) is 3.27. The van der Waals surface area contributed by atoms with Gasteiger partial charge in [0.25, 0.3) is 5.56 Å². The van der Waals surface area contributed by atoms with Crippen LogP contribution in [-0.2, 0) is 11.8 Å². The average molecular weight is 206 g/mol.